The van der Waals surface area contributed by atoms with Gasteiger partial charge in [-0.05, 0) is 32.4 Å². The molecular formula is C14H17F5N2. The Morgan fingerprint density at radius 3 is 2.05 bits per heavy atom. The van der Waals surface area contributed by atoms with Gasteiger partial charge in [-0.3, -0.25) is 0 Å². The predicted octanol–water partition coefficient (Wildman–Crippen LogP) is 3.67. The molecule has 1 aliphatic heterocycles. The number of likely N-dealkylation sites (tertiary alicyclic amines) is 1. The second kappa shape index (κ2) is 6.60. The summed E-state index contributed by atoms with van der Waals surface area (Å²) in [6.07, 6.45) is 2.02. The van der Waals surface area contributed by atoms with Crippen molar-refractivity contribution in [2.75, 3.05) is 25.0 Å². The molecule has 0 spiro atoms. The van der Waals surface area contributed by atoms with Crippen LogP contribution in [0.15, 0.2) is 0 Å². The van der Waals surface area contributed by atoms with Crippen molar-refractivity contribution < 1.29 is 22.0 Å². The summed E-state index contributed by atoms with van der Waals surface area (Å²) in [6.45, 7) is 4.47. The Labute approximate surface area is 119 Å². The van der Waals surface area contributed by atoms with Gasteiger partial charge >= 0.3 is 0 Å². The Morgan fingerprint density at radius 2 is 1.48 bits per heavy atom. The van der Waals surface area contributed by atoms with Crippen LogP contribution in [-0.4, -0.2) is 30.6 Å². The average Bonchev–Trinajstić information content (AvgIpc) is 2.72. The van der Waals surface area contributed by atoms with Crippen molar-refractivity contribution in [3.05, 3.63) is 29.1 Å². The molecule has 1 atom stereocenters. The van der Waals surface area contributed by atoms with Gasteiger partial charge in [-0.2, -0.15) is 0 Å². The summed E-state index contributed by atoms with van der Waals surface area (Å²) in [4.78, 5) is 2.18. The van der Waals surface area contributed by atoms with Crippen LogP contribution in [0.3, 0.4) is 0 Å². The number of hydrogen-bond acceptors (Lipinski definition) is 2. The summed E-state index contributed by atoms with van der Waals surface area (Å²) in [5.41, 5.74) is -0.929. The molecule has 21 heavy (non-hydrogen) atoms. The van der Waals surface area contributed by atoms with Gasteiger partial charge in [0.2, 0.25) is 5.82 Å². The first-order chi connectivity index (χ1) is 9.95. The quantitative estimate of drug-likeness (QED) is 0.521. The predicted molar refractivity (Wildman–Crippen MR) is 69.6 cm³/mol. The molecule has 1 N–H and O–H groups in total. The zero-order valence-electron chi connectivity index (χ0n) is 11.7. The van der Waals surface area contributed by atoms with Crippen molar-refractivity contribution in [2.45, 2.75) is 32.2 Å². The first-order valence-corrected chi connectivity index (χ1v) is 6.96. The molecule has 0 aliphatic carbocycles. The van der Waals surface area contributed by atoms with E-state index in [0.29, 0.717) is 12.8 Å². The van der Waals surface area contributed by atoms with E-state index in [2.05, 4.69) is 10.2 Å². The van der Waals surface area contributed by atoms with Crippen LogP contribution in [-0.2, 0) is 0 Å². The first kappa shape index (κ1) is 16.0. The van der Waals surface area contributed by atoms with Gasteiger partial charge in [-0.15, -0.1) is 0 Å². The zero-order chi connectivity index (χ0) is 15.6. The molecule has 2 rings (SSSR count). The van der Waals surface area contributed by atoms with Crippen molar-refractivity contribution in [3.8, 4) is 0 Å². The Kier molecular flexibility index (Phi) is 5.03. The number of nitrogens with one attached hydrogen (secondary N) is 1. The molecule has 118 valence electrons. The van der Waals surface area contributed by atoms with Crippen LogP contribution in [0, 0.1) is 29.1 Å². The third kappa shape index (κ3) is 3.28. The Morgan fingerprint density at radius 1 is 0.905 bits per heavy atom. The molecule has 1 fully saturated rings. The number of anilines is 1. The van der Waals surface area contributed by atoms with E-state index in [1.807, 2.05) is 6.92 Å². The van der Waals surface area contributed by atoms with E-state index in [-0.39, 0.29) is 6.04 Å². The molecule has 0 radical (unpaired) electrons. The lowest BCUT2D eigenvalue weighted by atomic mass is 10.1. The van der Waals surface area contributed by atoms with Crippen LogP contribution in [0.1, 0.15) is 26.2 Å². The van der Waals surface area contributed by atoms with E-state index in [4.69, 9.17) is 0 Å². The van der Waals surface area contributed by atoms with Crippen LogP contribution < -0.4 is 5.32 Å². The minimum atomic E-state index is -2.13. The van der Waals surface area contributed by atoms with Crippen molar-refractivity contribution in [3.63, 3.8) is 0 Å². The molecule has 0 bridgehead atoms. The highest BCUT2D eigenvalue weighted by molar-refractivity contribution is 5.48. The summed E-state index contributed by atoms with van der Waals surface area (Å²) < 4.78 is 66.5. The molecule has 0 saturated carbocycles. The van der Waals surface area contributed by atoms with Crippen LogP contribution in [0.4, 0.5) is 27.6 Å². The Bertz CT molecular complexity index is 492. The standard InChI is InChI=1S/C14H17F5N2/c1-2-21-6-3-4-8(5-7-21)20-14-12(18)10(16)9(15)11(17)13(14)19/h8,20H,2-7H2,1H3. The normalized spacial score (nSPS) is 20.4. The monoisotopic (exact) mass is 308 g/mol. The van der Waals surface area contributed by atoms with Crippen molar-refractivity contribution in [1.82, 2.24) is 4.90 Å². The van der Waals surface area contributed by atoms with Crippen molar-refractivity contribution in [1.29, 1.82) is 0 Å². The van der Waals surface area contributed by atoms with Gasteiger partial charge in [0, 0.05) is 12.6 Å². The van der Waals surface area contributed by atoms with Gasteiger partial charge in [0.25, 0.3) is 0 Å². The van der Waals surface area contributed by atoms with Gasteiger partial charge < -0.3 is 10.2 Å². The number of rotatable bonds is 3. The van der Waals surface area contributed by atoms with Gasteiger partial charge in [0.15, 0.2) is 23.3 Å². The van der Waals surface area contributed by atoms with Gasteiger partial charge in [-0.25, -0.2) is 22.0 Å². The fraction of sp³-hybridized carbons (Fsp3) is 0.571. The van der Waals surface area contributed by atoms with E-state index in [1.165, 1.54) is 0 Å². The average molecular weight is 308 g/mol. The van der Waals surface area contributed by atoms with Crippen molar-refractivity contribution >= 4 is 5.69 Å². The summed E-state index contributed by atoms with van der Waals surface area (Å²) in [6, 6.07) is -0.310. The minimum absolute atomic E-state index is 0.310. The molecule has 1 saturated heterocycles. The number of nitrogens with zero attached hydrogens (tertiary/aromatic N) is 1. The lowest BCUT2D eigenvalue weighted by molar-refractivity contribution is 0.300. The lowest BCUT2D eigenvalue weighted by Gasteiger charge is -2.20. The van der Waals surface area contributed by atoms with Crippen molar-refractivity contribution in [2.24, 2.45) is 0 Å². The second-order valence-corrected chi connectivity index (χ2v) is 5.15. The first-order valence-electron chi connectivity index (χ1n) is 6.96. The largest absolute Gasteiger partial charge is 0.377 e. The van der Waals surface area contributed by atoms with E-state index >= 15 is 0 Å². The molecule has 0 aromatic heterocycles. The van der Waals surface area contributed by atoms with E-state index in [1.54, 1.807) is 0 Å². The number of halogens is 5. The fourth-order valence-corrected chi connectivity index (χ4v) is 2.55. The van der Waals surface area contributed by atoms with E-state index < -0.39 is 34.8 Å². The highest BCUT2D eigenvalue weighted by atomic mass is 19.2. The minimum Gasteiger partial charge on any atom is -0.377 e. The third-order valence-corrected chi connectivity index (χ3v) is 3.83. The molecular weight excluding hydrogens is 291 g/mol. The maximum atomic E-state index is 13.6. The smallest absolute Gasteiger partial charge is 0.200 e. The Hall–Kier alpha value is -1.37. The number of hydrogen-bond donors (Lipinski definition) is 1. The molecule has 1 heterocycles. The Balaban J connectivity index is 2.20. The molecule has 1 aromatic carbocycles. The molecule has 7 heteroatoms. The summed E-state index contributed by atoms with van der Waals surface area (Å²) in [5.74, 6) is -9.57. The van der Waals surface area contributed by atoms with Crippen LogP contribution in [0.5, 0.6) is 0 Å². The third-order valence-electron chi connectivity index (χ3n) is 3.83. The van der Waals surface area contributed by atoms with Gasteiger partial charge in [-0.1, -0.05) is 6.92 Å². The molecule has 0 amide bonds. The highest BCUT2D eigenvalue weighted by Crippen LogP contribution is 2.28. The highest BCUT2D eigenvalue weighted by Gasteiger charge is 2.27. The maximum absolute atomic E-state index is 13.6. The molecule has 2 nitrogen and oxygen atoms in total. The van der Waals surface area contributed by atoms with Gasteiger partial charge in [0.05, 0.1) is 0 Å². The summed E-state index contributed by atoms with van der Waals surface area (Å²) >= 11 is 0. The van der Waals surface area contributed by atoms with E-state index in [0.717, 1.165) is 26.1 Å². The lowest BCUT2D eigenvalue weighted by Crippen LogP contribution is -2.26. The number of benzene rings is 1. The SMILES string of the molecule is CCN1CCCC(Nc2c(F)c(F)c(F)c(F)c2F)CC1. The molecule has 1 aromatic rings. The fourth-order valence-electron chi connectivity index (χ4n) is 2.55. The van der Waals surface area contributed by atoms with Gasteiger partial charge in [0.1, 0.15) is 5.69 Å². The van der Waals surface area contributed by atoms with Crippen LogP contribution in [0.25, 0.3) is 0 Å². The van der Waals surface area contributed by atoms with E-state index in [9.17, 15) is 22.0 Å². The molecule has 1 aliphatic rings. The summed E-state index contributed by atoms with van der Waals surface area (Å²) in [7, 11) is 0. The second-order valence-electron chi connectivity index (χ2n) is 5.15. The summed E-state index contributed by atoms with van der Waals surface area (Å²) in [5, 5.41) is 2.49. The van der Waals surface area contributed by atoms with Crippen LogP contribution in [0.2, 0.25) is 0 Å². The zero-order valence-corrected chi connectivity index (χ0v) is 11.7. The topological polar surface area (TPSA) is 15.3 Å². The van der Waals surface area contributed by atoms with Crippen LogP contribution >= 0.6 is 0 Å². The maximum Gasteiger partial charge on any atom is 0.200 e. The molecule has 1 unspecified atom stereocenters.